The maximum atomic E-state index is 9.44. The van der Waals surface area contributed by atoms with Gasteiger partial charge in [0.25, 0.3) is 0 Å². The molecule has 0 radical (unpaired) electrons. The van der Waals surface area contributed by atoms with Gasteiger partial charge in [0.2, 0.25) is 0 Å². The predicted molar refractivity (Wildman–Crippen MR) is 62.4 cm³/mol. The number of hydrogen-bond donors (Lipinski definition) is 1. The highest BCUT2D eigenvalue weighted by molar-refractivity contribution is 5.38. The topological polar surface area (TPSA) is 45.0 Å². The summed E-state index contributed by atoms with van der Waals surface area (Å²) in [5.41, 5.74) is 0.746. The molecule has 1 aliphatic heterocycles. The van der Waals surface area contributed by atoms with E-state index in [1.165, 1.54) is 0 Å². The van der Waals surface area contributed by atoms with E-state index in [0.29, 0.717) is 0 Å². The highest BCUT2D eigenvalue weighted by atomic mass is 16.5. The van der Waals surface area contributed by atoms with E-state index in [4.69, 9.17) is 4.74 Å². The van der Waals surface area contributed by atoms with E-state index in [1.54, 1.807) is 7.11 Å². The van der Waals surface area contributed by atoms with Gasteiger partial charge in [-0.15, -0.1) is 0 Å². The Balaban J connectivity index is 2.36. The molecule has 16 heavy (non-hydrogen) atoms. The fraction of sp³-hybridized carbons (Fsp3) is 0.462. The molecule has 1 aliphatic rings. The van der Waals surface area contributed by atoms with E-state index >= 15 is 0 Å². The lowest BCUT2D eigenvalue weighted by atomic mass is 9.74. The largest absolute Gasteiger partial charge is 0.497 e. The van der Waals surface area contributed by atoms with Gasteiger partial charge < -0.3 is 10.1 Å². The van der Waals surface area contributed by atoms with Crippen LogP contribution < -0.4 is 10.1 Å². The summed E-state index contributed by atoms with van der Waals surface area (Å²) < 4.78 is 5.21. The SMILES string of the molecule is COc1cccc(C2(C#N)CCNCC2)c1. The molecule has 1 saturated heterocycles. The van der Waals surface area contributed by atoms with Crippen molar-refractivity contribution < 1.29 is 4.74 Å². The molecule has 0 unspecified atom stereocenters. The normalized spacial score (nSPS) is 18.8. The summed E-state index contributed by atoms with van der Waals surface area (Å²) in [6.07, 6.45) is 1.74. The third-order valence-electron chi connectivity index (χ3n) is 3.29. The third-order valence-corrected chi connectivity index (χ3v) is 3.29. The molecule has 2 rings (SSSR count). The van der Waals surface area contributed by atoms with Gasteiger partial charge in [0.05, 0.1) is 18.6 Å². The smallest absolute Gasteiger partial charge is 0.119 e. The van der Waals surface area contributed by atoms with Crippen molar-refractivity contribution in [3.8, 4) is 11.8 Å². The van der Waals surface area contributed by atoms with Gasteiger partial charge in [-0.1, -0.05) is 12.1 Å². The fourth-order valence-electron chi connectivity index (χ4n) is 2.24. The highest BCUT2D eigenvalue weighted by Crippen LogP contribution is 2.34. The third kappa shape index (κ3) is 1.89. The van der Waals surface area contributed by atoms with Gasteiger partial charge in [0, 0.05) is 0 Å². The van der Waals surface area contributed by atoms with Crippen molar-refractivity contribution in [2.45, 2.75) is 18.3 Å². The molecule has 0 bridgehead atoms. The predicted octanol–water partition coefficient (Wildman–Crippen LogP) is 1.84. The molecule has 1 N–H and O–H groups in total. The van der Waals surface area contributed by atoms with Crippen LogP contribution in [-0.4, -0.2) is 20.2 Å². The van der Waals surface area contributed by atoms with Crippen LogP contribution in [0.25, 0.3) is 0 Å². The molecule has 0 atom stereocenters. The highest BCUT2D eigenvalue weighted by Gasteiger charge is 2.34. The molecular weight excluding hydrogens is 200 g/mol. The van der Waals surface area contributed by atoms with Gasteiger partial charge in [-0.05, 0) is 43.6 Å². The van der Waals surface area contributed by atoms with Crippen molar-refractivity contribution in [2.75, 3.05) is 20.2 Å². The zero-order valence-corrected chi connectivity index (χ0v) is 9.49. The first-order valence-corrected chi connectivity index (χ1v) is 5.57. The van der Waals surface area contributed by atoms with Crippen molar-refractivity contribution in [2.24, 2.45) is 0 Å². The molecule has 3 nitrogen and oxygen atoms in total. The monoisotopic (exact) mass is 216 g/mol. The van der Waals surface area contributed by atoms with Crippen LogP contribution in [0.4, 0.5) is 0 Å². The molecule has 84 valence electrons. The van der Waals surface area contributed by atoms with Gasteiger partial charge in [0.15, 0.2) is 0 Å². The Bertz CT molecular complexity index is 403. The van der Waals surface area contributed by atoms with Crippen LogP contribution in [0.5, 0.6) is 5.75 Å². The van der Waals surface area contributed by atoms with E-state index in [2.05, 4.69) is 11.4 Å². The number of nitrogens with zero attached hydrogens (tertiary/aromatic N) is 1. The van der Waals surface area contributed by atoms with E-state index < -0.39 is 0 Å². The van der Waals surface area contributed by atoms with Gasteiger partial charge in [-0.3, -0.25) is 0 Å². The lowest BCUT2D eigenvalue weighted by Gasteiger charge is -2.31. The summed E-state index contributed by atoms with van der Waals surface area (Å²) in [7, 11) is 1.65. The fourth-order valence-corrected chi connectivity index (χ4v) is 2.24. The number of hydrogen-bond acceptors (Lipinski definition) is 3. The molecule has 1 aromatic carbocycles. The minimum atomic E-state index is -0.334. The Hall–Kier alpha value is -1.53. The van der Waals surface area contributed by atoms with Crippen LogP contribution in [0.3, 0.4) is 0 Å². The molecule has 1 fully saturated rings. The number of nitrogens with one attached hydrogen (secondary N) is 1. The lowest BCUT2D eigenvalue weighted by molar-refractivity contribution is 0.377. The zero-order chi connectivity index (χ0) is 11.4. The summed E-state index contributed by atoms with van der Waals surface area (Å²) in [6, 6.07) is 10.4. The Morgan fingerprint density at radius 2 is 2.12 bits per heavy atom. The number of ether oxygens (including phenoxy) is 1. The Morgan fingerprint density at radius 1 is 1.38 bits per heavy atom. The molecule has 3 heteroatoms. The first-order chi connectivity index (χ1) is 7.80. The van der Waals surface area contributed by atoms with Crippen molar-refractivity contribution in [1.82, 2.24) is 5.32 Å². The number of methoxy groups -OCH3 is 1. The maximum absolute atomic E-state index is 9.44. The average Bonchev–Trinajstić information content (AvgIpc) is 2.39. The number of nitriles is 1. The van der Waals surface area contributed by atoms with Crippen LogP contribution >= 0.6 is 0 Å². The van der Waals surface area contributed by atoms with Gasteiger partial charge in [-0.2, -0.15) is 5.26 Å². The van der Waals surface area contributed by atoms with E-state index in [1.807, 2.05) is 24.3 Å². The Kier molecular flexibility index (Phi) is 3.12. The first kappa shape index (κ1) is 11.0. The van der Waals surface area contributed by atoms with Crippen LogP contribution in [0, 0.1) is 11.3 Å². The van der Waals surface area contributed by atoms with E-state index in [9.17, 15) is 5.26 Å². The second-order valence-electron chi connectivity index (χ2n) is 4.18. The van der Waals surface area contributed by atoms with Gasteiger partial charge in [0.1, 0.15) is 5.75 Å². The molecule has 0 saturated carbocycles. The molecule has 1 aromatic rings. The van der Waals surface area contributed by atoms with Crippen molar-refractivity contribution in [3.63, 3.8) is 0 Å². The minimum Gasteiger partial charge on any atom is -0.497 e. The Morgan fingerprint density at radius 3 is 2.75 bits per heavy atom. The average molecular weight is 216 g/mol. The van der Waals surface area contributed by atoms with Gasteiger partial charge >= 0.3 is 0 Å². The molecular formula is C13H16N2O. The minimum absolute atomic E-state index is 0.334. The molecule has 1 heterocycles. The van der Waals surface area contributed by atoms with E-state index in [0.717, 1.165) is 37.2 Å². The van der Waals surface area contributed by atoms with Crippen LogP contribution in [0.1, 0.15) is 18.4 Å². The molecule has 0 spiro atoms. The van der Waals surface area contributed by atoms with Crippen molar-refractivity contribution >= 4 is 0 Å². The lowest BCUT2D eigenvalue weighted by Crippen LogP contribution is -2.38. The summed E-state index contributed by atoms with van der Waals surface area (Å²) in [6.45, 7) is 1.82. The van der Waals surface area contributed by atoms with Crippen LogP contribution in [0.15, 0.2) is 24.3 Å². The second kappa shape index (κ2) is 4.54. The van der Waals surface area contributed by atoms with Crippen molar-refractivity contribution in [1.29, 1.82) is 5.26 Å². The number of piperidine rings is 1. The van der Waals surface area contributed by atoms with Crippen molar-refractivity contribution in [3.05, 3.63) is 29.8 Å². The summed E-state index contributed by atoms with van der Waals surface area (Å²) in [4.78, 5) is 0. The zero-order valence-electron chi connectivity index (χ0n) is 9.49. The van der Waals surface area contributed by atoms with E-state index in [-0.39, 0.29) is 5.41 Å². The molecule has 0 aliphatic carbocycles. The summed E-state index contributed by atoms with van der Waals surface area (Å²) in [5.74, 6) is 0.825. The molecule has 0 amide bonds. The van der Waals surface area contributed by atoms with Crippen LogP contribution in [-0.2, 0) is 5.41 Å². The quantitative estimate of drug-likeness (QED) is 0.820. The number of benzene rings is 1. The number of rotatable bonds is 2. The first-order valence-electron chi connectivity index (χ1n) is 5.57. The summed E-state index contributed by atoms with van der Waals surface area (Å²) >= 11 is 0. The summed E-state index contributed by atoms with van der Waals surface area (Å²) in [5, 5.41) is 12.7. The maximum Gasteiger partial charge on any atom is 0.119 e. The van der Waals surface area contributed by atoms with Crippen LogP contribution in [0.2, 0.25) is 0 Å². The Labute approximate surface area is 96.0 Å². The second-order valence-corrected chi connectivity index (χ2v) is 4.18. The standard InChI is InChI=1S/C13H16N2O/c1-16-12-4-2-3-11(9-12)13(10-14)5-7-15-8-6-13/h2-4,9,15H,5-8H2,1H3. The van der Waals surface area contributed by atoms with Gasteiger partial charge in [-0.25, -0.2) is 0 Å². The molecule has 0 aromatic heterocycles.